The van der Waals surface area contributed by atoms with E-state index in [9.17, 15) is 9.59 Å². The second-order valence-corrected chi connectivity index (χ2v) is 6.56. The minimum Gasteiger partial charge on any atom is -0.344 e. The van der Waals surface area contributed by atoms with Crippen LogP contribution in [0.1, 0.15) is 24.0 Å². The maximum atomic E-state index is 12.5. The zero-order valence-electron chi connectivity index (χ0n) is 14.8. The molecule has 4 rings (SSSR count). The van der Waals surface area contributed by atoms with E-state index in [-0.39, 0.29) is 17.9 Å². The molecule has 1 saturated heterocycles. The van der Waals surface area contributed by atoms with Crippen LogP contribution in [0.2, 0.25) is 0 Å². The molecule has 6 heteroatoms. The third kappa shape index (κ3) is 3.74. The van der Waals surface area contributed by atoms with Crippen LogP contribution < -0.4 is 10.9 Å². The molecule has 2 amide bonds. The Labute approximate surface area is 157 Å². The molecular formula is C21H20N4O2. The fourth-order valence-electron chi connectivity index (χ4n) is 3.40. The van der Waals surface area contributed by atoms with Crippen LogP contribution in [0.25, 0.3) is 6.08 Å². The molecule has 27 heavy (non-hydrogen) atoms. The lowest BCUT2D eigenvalue weighted by molar-refractivity contribution is -0.129. The summed E-state index contributed by atoms with van der Waals surface area (Å²) in [7, 11) is 0. The summed E-state index contributed by atoms with van der Waals surface area (Å²) in [4.78, 5) is 31.2. The number of para-hydroxylation sites is 1. The van der Waals surface area contributed by atoms with Crippen molar-refractivity contribution in [2.45, 2.75) is 25.4 Å². The monoisotopic (exact) mass is 360 g/mol. The molecule has 0 aliphatic carbocycles. The molecule has 0 radical (unpaired) electrons. The first kappa shape index (κ1) is 17.0. The number of nitrogens with zero attached hydrogens (tertiary/aromatic N) is 2. The Hall–Kier alpha value is -3.41. The standard InChI is InChI=1S/C21H20N4O2/c26-20(13-10-15-6-2-1-3-7-15)23-24-21(27)18-11-12-19-22-17-9-5-4-8-16(17)14-25(18)19/h1-10,13,18H,11-12,14H2,(H,23,26)(H,24,27)/t18-/m1/s1. The summed E-state index contributed by atoms with van der Waals surface area (Å²) in [6.07, 6.45) is 4.54. The van der Waals surface area contributed by atoms with Gasteiger partial charge in [0.15, 0.2) is 0 Å². The molecule has 0 saturated carbocycles. The Morgan fingerprint density at radius 2 is 1.81 bits per heavy atom. The van der Waals surface area contributed by atoms with Gasteiger partial charge in [-0.25, -0.2) is 4.99 Å². The van der Waals surface area contributed by atoms with Crippen molar-refractivity contribution in [3.05, 3.63) is 71.8 Å². The number of rotatable bonds is 3. The van der Waals surface area contributed by atoms with Crippen molar-refractivity contribution >= 4 is 29.4 Å². The smallest absolute Gasteiger partial charge is 0.262 e. The van der Waals surface area contributed by atoms with Crippen LogP contribution in [0.4, 0.5) is 5.69 Å². The predicted molar refractivity (Wildman–Crippen MR) is 104 cm³/mol. The zero-order valence-corrected chi connectivity index (χ0v) is 14.8. The Morgan fingerprint density at radius 3 is 2.67 bits per heavy atom. The lowest BCUT2D eigenvalue weighted by Gasteiger charge is -2.29. The molecule has 2 aliphatic heterocycles. The van der Waals surface area contributed by atoms with E-state index in [0.717, 1.165) is 29.1 Å². The first-order valence-corrected chi connectivity index (χ1v) is 8.96. The van der Waals surface area contributed by atoms with Gasteiger partial charge in [-0.15, -0.1) is 0 Å². The van der Waals surface area contributed by atoms with E-state index in [4.69, 9.17) is 0 Å². The van der Waals surface area contributed by atoms with Crippen LogP contribution >= 0.6 is 0 Å². The largest absolute Gasteiger partial charge is 0.344 e. The Kier molecular flexibility index (Phi) is 4.70. The summed E-state index contributed by atoms with van der Waals surface area (Å²) >= 11 is 0. The molecular weight excluding hydrogens is 340 g/mol. The number of nitrogens with one attached hydrogen (secondary N) is 2. The number of hydrogen-bond acceptors (Lipinski definition) is 4. The van der Waals surface area contributed by atoms with E-state index in [1.165, 1.54) is 6.08 Å². The fourth-order valence-corrected chi connectivity index (χ4v) is 3.40. The molecule has 2 N–H and O–H groups in total. The van der Waals surface area contributed by atoms with Gasteiger partial charge in [-0.05, 0) is 29.7 Å². The van der Waals surface area contributed by atoms with E-state index in [2.05, 4.69) is 15.8 Å². The van der Waals surface area contributed by atoms with Crippen LogP contribution in [0, 0.1) is 0 Å². The van der Waals surface area contributed by atoms with E-state index in [1.54, 1.807) is 6.08 Å². The van der Waals surface area contributed by atoms with Crippen LogP contribution in [-0.4, -0.2) is 28.6 Å². The Bertz CT molecular complexity index is 921. The number of aliphatic imine (C=N–C) groups is 1. The summed E-state index contributed by atoms with van der Waals surface area (Å²) in [6.45, 7) is 0.662. The molecule has 0 unspecified atom stereocenters. The second kappa shape index (κ2) is 7.45. The first-order valence-electron chi connectivity index (χ1n) is 8.96. The average Bonchev–Trinajstić information content (AvgIpc) is 3.12. The third-order valence-corrected chi connectivity index (χ3v) is 4.77. The van der Waals surface area contributed by atoms with Crippen molar-refractivity contribution in [1.29, 1.82) is 0 Å². The van der Waals surface area contributed by atoms with Gasteiger partial charge >= 0.3 is 0 Å². The van der Waals surface area contributed by atoms with Crippen molar-refractivity contribution < 1.29 is 9.59 Å². The Balaban J connectivity index is 1.34. The summed E-state index contributed by atoms with van der Waals surface area (Å²) in [6, 6.07) is 17.1. The lowest BCUT2D eigenvalue weighted by atomic mass is 10.1. The van der Waals surface area contributed by atoms with E-state index >= 15 is 0 Å². The van der Waals surface area contributed by atoms with Gasteiger partial charge in [0.2, 0.25) is 0 Å². The van der Waals surface area contributed by atoms with Crippen molar-refractivity contribution in [2.75, 3.05) is 0 Å². The van der Waals surface area contributed by atoms with Crippen LogP contribution in [0.15, 0.2) is 65.7 Å². The highest BCUT2D eigenvalue weighted by Gasteiger charge is 2.36. The number of amidine groups is 1. The zero-order chi connectivity index (χ0) is 18.6. The number of amides is 2. The number of fused-ring (bicyclic) bond motifs is 2. The molecule has 0 spiro atoms. The summed E-state index contributed by atoms with van der Waals surface area (Å²) < 4.78 is 0. The summed E-state index contributed by atoms with van der Waals surface area (Å²) in [5.74, 6) is 0.341. The van der Waals surface area contributed by atoms with E-state index < -0.39 is 0 Å². The average molecular weight is 360 g/mol. The van der Waals surface area contributed by atoms with Gasteiger partial charge in [0.05, 0.1) is 5.69 Å². The van der Waals surface area contributed by atoms with Crippen molar-refractivity contribution in [3.8, 4) is 0 Å². The second-order valence-electron chi connectivity index (χ2n) is 6.56. The molecule has 0 aromatic heterocycles. The van der Waals surface area contributed by atoms with Gasteiger partial charge in [0.1, 0.15) is 11.9 Å². The van der Waals surface area contributed by atoms with Gasteiger partial charge in [-0.3, -0.25) is 20.4 Å². The first-order chi connectivity index (χ1) is 13.2. The minimum absolute atomic E-state index is 0.221. The molecule has 2 aromatic carbocycles. The molecule has 0 bridgehead atoms. The van der Waals surface area contributed by atoms with Crippen molar-refractivity contribution in [1.82, 2.24) is 15.8 Å². The highest BCUT2D eigenvalue weighted by atomic mass is 16.2. The number of carbonyl (C=O) groups excluding carboxylic acids is 2. The number of hydrogen-bond donors (Lipinski definition) is 2. The van der Waals surface area contributed by atoms with E-state index in [0.29, 0.717) is 13.0 Å². The predicted octanol–water partition coefficient (Wildman–Crippen LogP) is 2.56. The highest BCUT2D eigenvalue weighted by molar-refractivity contribution is 5.97. The topological polar surface area (TPSA) is 73.8 Å². The van der Waals surface area contributed by atoms with Gasteiger partial charge in [-0.1, -0.05) is 48.5 Å². The van der Waals surface area contributed by atoms with Crippen molar-refractivity contribution in [2.24, 2.45) is 4.99 Å². The van der Waals surface area contributed by atoms with Gasteiger partial charge in [0.25, 0.3) is 11.8 Å². The molecule has 2 aromatic rings. The summed E-state index contributed by atoms with van der Waals surface area (Å²) in [5.41, 5.74) is 7.99. The number of hydrazine groups is 1. The van der Waals surface area contributed by atoms with Gasteiger partial charge in [-0.2, -0.15) is 0 Å². The highest BCUT2D eigenvalue weighted by Crippen LogP contribution is 2.32. The van der Waals surface area contributed by atoms with Crippen LogP contribution in [0.5, 0.6) is 0 Å². The molecule has 1 fully saturated rings. The molecule has 6 nitrogen and oxygen atoms in total. The fraction of sp³-hybridized carbons (Fsp3) is 0.190. The third-order valence-electron chi connectivity index (χ3n) is 4.77. The Morgan fingerprint density at radius 1 is 1.04 bits per heavy atom. The number of benzene rings is 2. The van der Waals surface area contributed by atoms with Gasteiger partial charge < -0.3 is 4.90 Å². The lowest BCUT2D eigenvalue weighted by Crippen LogP contribution is -2.50. The molecule has 2 aliphatic rings. The molecule has 2 heterocycles. The van der Waals surface area contributed by atoms with E-state index in [1.807, 2.05) is 59.5 Å². The van der Waals surface area contributed by atoms with Crippen molar-refractivity contribution in [3.63, 3.8) is 0 Å². The summed E-state index contributed by atoms with van der Waals surface area (Å²) in [5, 5.41) is 0. The molecule has 1 atom stereocenters. The minimum atomic E-state index is -0.372. The maximum Gasteiger partial charge on any atom is 0.262 e. The molecule has 136 valence electrons. The normalized spacial score (nSPS) is 17.9. The van der Waals surface area contributed by atoms with Gasteiger partial charge in [0, 0.05) is 19.0 Å². The maximum absolute atomic E-state index is 12.5. The van der Waals surface area contributed by atoms with Crippen LogP contribution in [0.3, 0.4) is 0 Å². The number of carbonyl (C=O) groups is 2. The van der Waals surface area contributed by atoms with Crippen LogP contribution in [-0.2, 0) is 16.1 Å². The SMILES string of the molecule is O=C(C=Cc1ccccc1)NNC(=O)[C@H]1CCC2=Nc3ccccc3CN21. The quantitative estimate of drug-likeness (QED) is 0.653.